The molecule has 0 unspecified atom stereocenters. The topological polar surface area (TPSA) is 123 Å². The molecule has 0 bridgehead atoms. The molecule has 0 saturated carbocycles. The molecule has 0 amide bonds. The van der Waals surface area contributed by atoms with Gasteiger partial charge in [0.1, 0.15) is 0 Å². The molecule has 23 heavy (non-hydrogen) atoms. The first kappa shape index (κ1) is 14.7. The minimum absolute atomic E-state index is 0.0303. The lowest BCUT2D eigenvalue weighted by Crippen LogP contribution is -2.31. The lowest BCUT2D eigenvalue weighted by Gasteiger charge is -2.20. The van der Waals surface area contributed by atoms with Crippen molar-refractivity contribution in [2.24, 2.45) is 11.7 Å². The average molecular weight is 308 g/mol. The SMILES string of the molecule is Nc1nc(N(N)c2ccccc2)nc(N(N)c2ccccc2)n1. The number of nitrogens with two attached hydrogens (primary N) is 3. The Hall–Kier alpha value is -3.23. The van der Waals surface area contributed by atoms with Gasteiger partial charge in [0.25, 0.3) is 11.9 Å². The van der Waals surface area contributed by atoms with E-state index in [0.29, 0.717) is 11.4 Å². The van der Waals surface area contributed by atoms with Crippen LogP contribution in [0.2, 0.25) is 0 Å². The first-order valence-corrected chi connectivity index (χ1v) is 6.86. The molecule has 2 aromatic carbocycles. The summed E-state index contributed by atoms with van der Waals surface area (Å²) in [6.07, 6.45) is 0. The van der Waals surface area contributed by atoms with Gasteiger partial charge >= 0.3 is 0 Å². The quantitative estimate of drug-likeness (QED) is 0.489. The molecular formula is C15H16N8. The van der Waals surface area contributed by atoms with Crippen molar-refractivity contribution in [2.75, 3.05) is 15.8 Å². The molecule has 1 aromatic heterocycles. The minimum atomic E-state index is 0.0303. The summed E-state index contributed by atoms with van der Waals surface area (Å²) in [5, 5.41) is 2.64. The van der Waals surface area contributed by atoms with Gasteiger partial charge in [0.15, 0.2) is 0 Å². The molecule has 1 heterocycles. The summed E-state index contributed by atoms with van der Waals surface area (Å²) in [5.74, 6) is 12.5. The summed E-state index contributed by atoms with van der Waals surface area (Å²) in [7, 11) is 0. The molecule has 0 saturated heterocycles. The van der Waals surface area contributed by atoms with Crippen LogP contribution < -0.4 is 27.4 Å². The smallest absolute Gasteiger partial charge is 0.251 e. The van der Waals surface area contributed by atoms with Crippen LogP contribution in [0, 0.1) is 0 Å². The van der Waals surface area contributed by atoms with Crippen LogP contribution in [0.1, 0.15) is 0 Å². The van der Waals surface area contributed by atoms with Crippen molar-refractivity contribution in [1.82, 2.24) is 15.0 Å². The Kier molecular flexibility index (Phi) is 4.00. The van der Waals surface area contributed by atoms with E-state index in [1.807, 2.05) is 60.7 Å². The fourth-order valence-corrected chi connectivity index (χ4v) is 1.99. The highest BCUT2D eigenvalue weighted by Gasteiger charge is 2.15. The van der Waals surface area contributed by atoms with E-state index in [-0.39, 0.29) is 17.8 Å². The van der Waals surface area contributed by atoms with Crippen LogP contribution in [0.3, 0.4) is 0 Å². The average Bonchev–Trinajstić information content (AvgIpc) is 2.61. The summed E-state index contributed by atoms with van der Waals surface area (Å²) in [4.78, 5) is 12.4. The summed E-state index contributed by atoms with van der Waals surface area (Å²) >= 11 is 0. The number of anilines is 5. The van der Waals surface area contributed by atoms with Crippen molar-refractivity contribution in [2.45, 2.75) is 0 Å². The van der Waals surface area contributed by atoms with Crippen molar-refractivity contribution in [3.05, 3.63) is 60.7 Å². The van der Waals surface area contributed by atoms with Gasteiger partial charge in [0.05, 0.1) is 11.4 Å². The van der Waals surface area contributed by atoms with Gasteiger partial charge < -0.3 is 5.73 Å². The van der Waals surface area contributed by atoms with E-state index in [1.54, 1.807) is 0 Å². The summed E-state index contributed by atoms with van der Waals surface area (Å²) in [5.41, 5.74) is 7.19. The highest BCUT2D eigenvalue weighted by Crippen LogP contribution is 2.22. The summed E-state index contributed by atoms with van der Waals surface area (Å²) in [6, 6.07) is 18.5. The van der Waals surface area contributed by atoms with Crippen LogP contribution in [0.4, 0.5) is 29.2 Å². The number of rotatable bonds is 4. The number of nitrogens with zero attached hydrogens (tertiary/aromatic N) is 5. The predicted molar refractivity (Wildman–Crippen MR) is 89.8 cm³/mol. The third kappa shape index (κ3) is 3.18. The second kappa shape index (κ2) is 6.26. The van der Waals surface area contributed by atoms with Gasteiger partial charge in [-0.1, -0.05) is 36.4 Å². The molecule has 0 aliphatic carbocycles. The van der Waals surface area contributed by atoms with Crippen LogP contribution in [0.15, 0.2) is 60.7 Å². The molecule has 0 atom stereocenters. The van der Waals surface area contributed by atoms with E-state index in [4.69, 9.17) is 17.4 Å². The highest BCUT2D eigenvalue weighted by molar-refractivity contribution is 5.60. The van der Waals surface area contributed by atoms with Crippen molar-refractivity contribution in [1.29, 1.82) is 0 Å². The largest absolute Gasteiger partial charge is 0.368 e. The number of para-hydroxylation sites is 2. The fourth-order valence-electron chi connectivity index (χ4n) is 1.99. The zero-order chi connectivity index (χ0) is 16.2. The van der Waals surface area contributed by atoms with Crippen molar-refractivity contribution in [3.8, 4) is 0 Å². The number of benzene rings is 2. The van der Waals surface area contributed by atoms with E-state index in [1.165, 1.54) is 10.0 Å². The Morgan fingerprint density at radius 2 is 1.00 bits per heavy atom. The van der Waals surface area contributed by atoms with Gasteiger partial charge in [-0.25, -0.2) is 21.7 Å². The Morgan fingerprint density at radius 1 is 0.609 bits per heavy atom. The maximum Gasteiger partial charge on any atom is 0.251 e. The first-order chi connectivity index (χ1) is 11.1. The van der Waals surface area contributed by atoms with E-state index >= 15 is 0 Å². The third-order valence-corrected chi connectivity index (χ3v) is 3.13. The van der Waals surface area contributed by atoms with Gasteiger partial charge in [-0.2, -0.15) is 15.0 Å². The number of hydrogen-bond donors (Lipinski definition) is 3. The third-order valence-electron chi connectivity index (χ3n) is 3.13. The second-order valence-electron chi connectivity index (χ2n) is 4.70. The Balaban J connectivity index is 1.96. The van der Waals surface area contributed by atoms with Gasteiger partial charge in [0.2, 0.25) is 5.95 Å². The molecule has 0 fully saturated rings. The number of hydrazine groups is 2. The van der Waals surface area contributed by atoms with Gasteiger partial charge in [-0.3, -0.25) is 0 Å². The van der Waals surface area contributed by atoms with Crippen molar-refractivity contribution < 1.29 is 0 Å². The fraction of sp³-hybridized carbons (Fsp3) is 0. The second-order valence-corrected chi connectivity index (χ2v) is 4.70. The Bertz CT molecular complexity index is 714. The monoisotopic (exact) mass is 308 g/mol. The van der Waals surface area contributed by atoms with Gasteiger partial charge in [-0.15, -0.1) is 0 Å². The molecule has 8 nitrogen and oxygen atoms in total. The molecule has 3 aromatic rings. The maximum absolute atomic E-state index is 6.06. The van der Waals surface area contributed by atoms with Gasteiger partial charge in [0, 0.05) is 0 Å². The zero-order valence-electron chi connectivity index (χ0n) is 12.2. The highest BCUT2D eigenvalue weighted by atomic mass is 15.5. The molecule has 0 spiro atoms. The van der Waals surface area contributed by atoms with E-state index in [9.17, 15) is 0 Å². The van der Waals surface area contributed by atoms with Crippen LogP contribution in [-0.4, -0.2) is 15.0 Å². The Labute approximate surface area is 133 Å². The van der Waals surface area contributed by atoms with Crippen LogP contribution in [-0.2, 0) is 0 Å². The lowest BCUT2D eigenvalue weighted by molar-refractivity contribution is 0.908. The maximum atomic E-state index is 6.06. The predicted octanol–water partition coefficient (Wildman–Crippen LogP) is 1.48. The number of hydrogen-bond acceptors (Lipinski definition) is 8. The molecule has 8 heteroatoms. The van der Waals surface area contributed by atoms with Crippen molar-refractivity contribution in [3.63, 3.8) is 0 Å². The standard InChI is InChI=1S/C15H16N8/c16-13-19-14(22(17)11-7-3-1-4-8-11)21-15(20-13)23(18)12-9-5-2-6-10-12/h1-10H,17-18H2,(H2,16,19,20,21). The number of aromatic nitrogens is 3. The summed E-state index contributed by atoms with van der Waals surface area (Å²) < 4.78 is 0. The Morgan fingerprint density at radius 3 is 1.39 bits per heavy atom. The molecule has 6 N–H and O–H groups in total. The van der Waals surface area contributed by atoms with Crippen LogP contribution in [0.25, 0.3) is 0 Å². The van der Waals surface area contributed by atoms with E-state index in [2.05, 4.69) is 15.0 Å². The first-order valence-electron chi connectivity index (χ1n) is 6.86. The summed E-state index contributed by atoms with van der Waals surface area (Å²) in [6.45, 7) is 0. The van der Waals surface area contributed by atoms with Crippen molar-refractivity contribution >= 4 is 29.2 Å². The van der Waals surface area contributed by atoms with E-state index < -0.39 is 0 Å². The molecule has 3 rings (SSSR count). The molecule has 0 aliphatic heterocycles. The number of nitrogen functional groups attached to an aromatic ring is 1. The normalized spacial score (nSPS) is 10.3. The molecule has 0 aliphatic rings. The molecule has 0 radical (unpaired) electrons. The zero-order valence-corrected chi connectivity index (χ0v) is 12.2. The lowest BCUT2D eigenvalue weighted by atomic mass is 10.3. The minimum Gasteiger partial charge on any atom is -0.368 e. The van der Waals surface area contributed by atoms with Crippen LogP contribution in [0.5, 0.6) is 0 Å². The molecule has 116 valence electrons. The van der Waals surface area contributed by atoms with E-state index in [0.717, 1.165) is 0 Å². The molecular weight excluding hydrogens is 292 g/mol. The van der Waals surface area contributed by atoms with Crippen LogP contribution >= 0.6 is 0 Å². The van der Waals surface area contributed by atoms with Gasteiger partial charge in [-0.05, 0) is 24.3 Å².